The van der Waals surface area contributed by atoms with Gasteiger partial charge in [0.1, 0.15) is 0 Å². The number of rotatable bonds is 7. The molecule has 0 aliphatic carbocycles. The Morgan fingerprint density at radius 3 is 1.53 bits per heavy atom. The summed E-state index contributed by atoms with van der Waals surface area (Å²) in [5.41, 5.74) is 4.50. The molecule has 4 nitrogen and oxygen atoms in total. The van der Waals surface area contributed by atoms with Crippen LogP contribution in [0, 0.1) is 6.92 Å². The van der Waals surface area contributed by atoms with E-state index in [0.29, 0.717) is 5.92 Å². The van der Waals surface area contributed by atoms with Gasteiger partial charge in [0.05, 0.1) is 18.3 Å². The number of aryl methyl sites for hydroxylation is 1. The van der Waals surface area contributed by atoms with Crippen molar-refractivity contribution in [2.75, 3.05) is 6.26 Å². The van der Waals surface area contributed by atoms with Crippen molar-refractivity contribution in [1.82, 2.24) is 9.56 Å². The Kier molecular flexibility index (Phi) is 12.3. The maximum atomic E-state index is 11.7. The van der Waals surface area contributed by atoms with Gasteiger partial charge >= 0.3 is 0 Å². The molecule has 174 valence electrons. The number of halogens is 1. The Balaban J connectivity index is 0.000000393. The number of hydrogen-bond acceptors (Lipinski definition) is 3. The molecule has 2 atom stereocenters. The van der Waals surface area contributed by atoms with Crippen LogP contribution < -0.4 is 9.56 Å². The monoisotopic (exact) mass is 560 g/mol. The number of hydrogen-bond donors (Lipinski definition) is 2. The second-order valence-electron chi connectivity index (χ2n) is 7.84. The van der Waals surface area contributed by atoms with E-state index >= 15 is 0 Å². The summed E-state index contributed by atoms with van der Waals surface area (Å²) < 4.78 is 26.0. The van der Waals surface area contributed by atoms with Gasteiger partial charge in [0.15, 0.2) is 0 Å². The van der Waals surface area contributed by atoms with E-state index < -0.39 is 16.1 Å². The molecule has 3 rings (SSSR count). The Morgan fingerprint density at radius 2 is 1.16 bits per heavy atom. The van der Waals surface area contributed by atoms with Gasteiger partial charge in [0.2, 0.25) is 10.0 Å². The van der Waals surface area contributed by atoms with Gasteiger partial charge in [-0.25, -0.2) is 18.0 Å². The van der Waals surface area contributed by atoms with Crippen LogP contribution in [0.25, 0.3) is 0 Å². The molecule has 0 spiro atoms. The van der Waals surface area contributed by atoms with E-state index in [1.165, 1.54) is 11.1 Å². The van der Waals surface area contributed by atoms with Gasteiger partial charge in [0, 0.05) is 19.5 Å². The van der Waals surface area contributed by atoms with Crippen molar-refractivity contribution in [3.05, 3.63) is 107 Å². The third-order valence-corrected chi connectivity index (χ3v) is 5.77. The van der Waals surface area contributed by atoms with Crippen LogP contribution in [-0.4, -0.2) is 14.7 Å². The topological polar surface area (TPSA) is 58.2 Å². The molecular formula is C25H31ClN2O2RuS. The van der Waals surface area contributed by atoms with Crippen LogP contribution in [0.2, 0.25) is 0 Å². The maximum Gasteiger partial charge on any atom is 0.209 e. The van der Waals surface area contributed by atoms with Gasteiger partial charge in [-0.05, 0) is 41.3 Å². The van der Waals surface area contributed by atoms with Crippen LogP contribution in [0.5, 0.6) is 0 Å². The van der Waals surface area contributed by atoms with Crippen molar-refractivity contribution in [3.63, 3.8) is 0 Å². The molecule has 0 fully saturated rings. The summed E-state index contributed by atoms with van der Waals surface area (Å²) in [7, 11) is -3.38. The van der Waals surface area contributed by atoms with Crippen LogP contribution in [0.4, 0.5) is 0 Å². The molecule has 0 aromatic heterocycles. The summed E-state index contributed by atoms with van der Waals surface area (Å²) in [5, 5.41) is 0. The fraction of sp³-hybridized carbons (Fsp3) is 0.280. The first-order chi connectivity index (χ1) is 14.7. The Hall–Kier alpha value is -1.56. The zero-order valence-electron chi connectivity index (χ0n) is 18.8. The predicted molar refractivity (Wildman–Crippen MR) is 131 cm³/mol. The zero-order valence-corrected chi connectivity index (χ0v) is 22.1. The zero-order chi connectivity index (χ0) is 22.9. The van der Waals surface area contributed by atoms with Crippen molar-refractivity contribution < 1.29 is 27.9 Å². The minimum absolute atomic E-state index is 0. The van der Waals surface area contributed by atoms with Crippen LogP contribution in [0.3, 0.4) is 0 Å². The van der Waals surface area contributed by atoms with E-state index in [9.17, 15) is 8.42 Å². The second kappa shape index (κ2) is 13.9. The first-order valence-corrected chi connectivity index (χ1v) is 12.5. The molecule has 3 aromatic rings. The normalized spacial score (nSPS) is 12.8. The number of sulfonamides is 1. The molecule has 0 bridgehead atoms. The van der Waals surface area contributed by atoms with Gasteiger partial charge in [-0.3, -0.25) is 0 Å². The SMILES string of the molecule is CS(=O)(=O)N[C@@H](c1ccccc1)[C@@H](NCl)c1ccccc1.Cc1ccc(C(C)C)cc1.[Ru]. The van der Waals surface area contributed by atoms with Crippen LogP contribution in [0.15, 0.2) is 84.9 Å². The maximum absolute atomic E-state index is 11.7. The van der Waals surface area contributed by atoms with Gasteiger partial charge < -0.3 is 0 Å². The smallest absolute Gasteiger partial charge is 0.209 e. The van der Waals surface area contributed by atoms with E-state index in [1.807, 2.05) is 60.7 Å². The Labute approximate surface area is 210 Å². The molecule has 3 aromatic carbocycles. The molecule has 0 saturated heterocycles. The fourth-order valence-corrected chi connectivity index (χ4v) is 4.14. The second-order valence-corrected chi connectivity index (χ2v) is 9.84. The first-order valence-electron chi connectivity index (χ1n) is 10.2. The molecule has 0 saturated carbocycles. The molecule has 0 unspecified atom stereocenters. The van der Waals surface area contributed by atoms with Crippen LogP contribution >= 0.6 is 11.8 Å². The summed E-state index contributed by atoms with van der Waals surface area (Å²) in [4.78, 5) is 2.68. The predicted octanol–water partition coefficient (Wildman–Crippen LogP) is 5.88. The number of nitrogens with one attached hydrogen (secondary N) is 2. The third-order valence-electron chi connectivity index (χ3n) is 4.85. The molecule has 2 N–H and O–H groups in total. The summed E-state index contributed by atoms with van der Waals surface area (Å²) in [5.74, 6) is 0.653. The molecule has 7 heteroatoms. The molecule has 0 amide bonds. The molecule has 32 heavy (non-hydrogen) atoms. The van der Waals surface area contributed by atoms with Crippen molar-refractivity contribution >= 4 is 21.8 Å². The first kappa shape index (κ1) is 28.5. The molecule has 0 aliphatic heterocycles. The Morgan fingerprint density at radius 1 is 0.719 bits per heavy atom. The van der Waals surface area contributed by atoms with Crippen molar-refractivity contribution in [1.29, 1.82) is 0 Å². The van der Waals surface area contributed by atoms with E-state index in [0.717, 1.165) is 17.4 Å². The van der Waals surface area contributed by atoms with Crippen molar-refractivity contribution in [2.45, 2.75) is 38.8 Å². The fourth-order valence-electron chi connectivity index (χ4n) is 3.15. The summed E-state index contributed by atoms with van der Waals surface area (Å²) in [6.07, 6.45) is 1.14. The third kappa shape index (κ3) is 9.52. The van der Waals surface area contributed by atoms with Crippen molar-refractivity contribution in [3.8, 4) is 0 Å². The Bertz CT molecular complexity index is 1010. The van der Waals surface area contributed by atoms with Crippen molar-refractivity contribution in [2.24, 2.45) is 0 Å². The molecular weight excluding hydrogens is 529 g/mol. The standard InChI is InChI=1S/C15H17ClN2O2S.C10H14.Ru/c1-21(19,20)18-15(13-10-6-3-7-11-13)14(17-16)12-8-4-2-5-9-12;1-8(2)10-6-4-9(3)5-7-10;/h2-11,14-15,17-18H,1H3;4-8H,1-3H3;/t14-,15-;;/m0../s1. The minimum Gasteiger partial charge on any atom is -0.224 e. The molecule has 0 radical (unpaired) electrons. The summed E-state index contributed by atoms with van der Waals surface area (Å²) >= 11 is 5.89. The number of benzene rings is 3. The quantitative estimate of drug-likeness (QED) is 0.281. The molecule has 0 heterocycles. The van der Waals surface area contributed by atoms with Gasteiger partial charge in [-0.1, -0.05) is 104 Å². The van der Waals surface area contributed by atoms with Crippen LogP contribution in [0.1, 0.15) is 54.1 Å². The largest absolute Gasteiger partial charge is 0.224 e. The van der Waals surface area contributed by atoms with Gasteiger partial charge in [-0.15, -0.1) is 0 Å². The minimum atomic E-state index is -3.38. The van der Waals surface area contributed by atoms with Gasteiger partial charge in [0.25, 0.3) is 0 Å². The van der Waals surface area contributed by atoms with Crippen LogP contribution in [-0.2, 0) is 29.5 Å². The average Bonchev–Trinajstić information content (AvgIpc) is 2.75. The molecule has 0 aliphatic rings. The summed E-state index contributed by atoms with van der Waals surface area (Å²) in [6, 6.07) is 26.7. The van der Waals surface area contributed by atoms with E-state index in [2.05, 4.69) is 54.6 Å². The van der Waals surface area contributed by atoms with E-state index in [1.54, 1.807) is 0 Å². The van der Waals surface area contributed by atoms with Gasteiger partial charge in [-0.2, -0.15) is 0 Å². The van der Waals surface area contributed by atoms with E-state index in [-0.39, 0.29) is 25.5 Å². The summed E-state index contributed by atoms with van der Waals surface area (Å²) in [6.45, 7) is 6.54. The average molecular weight is 560 g/mol. The van der Waals surface area contributed by atoms with E-state index in [4.69, 9.17) is 11.8 Å².